The van der Waals surface area contributed by atoms with E-state index in [1.807, 2.05) is 12.2 Å². The molecule has 4 aliphatic carbocycles. The molecule has 0 aromatic carbocycles. The third-order valence-corrected chi connectivity index (χ3v) is 9.21. The van der Waals surface area contributed by atoms with Crippen molar-refractivity contribution in [3.63, 3.8) is 0 Å². The van der Waals surface area contributed by atoms with Crippen molar-refractivity contribution < 1.29 is 14.7 Å². The third kappa shape index (κ3) is 2.93. The van der Waals surface area contributed by atoms with E-state index in [1.165, 1.54) is 43.8 Å². The molecule has 0 bridgehead atoms. The van der Waals surface area contributed by atoms with Gasteiger partial charge in [0.1, 0.15) is 0 Å². The Morgan fingerprint density at radius 2 is 1.93 bits per heavy atom. The second-order valence-corrected chi connectivity index (χ2v) is 10.3. The zero-order chi connectivity index (χ0) is 19.4. The lowest BCUT2D eigenvalue weighted by atomic mass is 9.46. The van der Waals surface area contributed by atoms with Crippen LogP contribution in [0.1, 0.15) is 72.1 Å². The van der Waals surface area contributed by atoms with E-state index < -0.39 is 5.97 Å². The first-order valence-corrected chi connectivity index (χ1v) is 10.9. The molecule has 1 N–H and O–H groups in total. The van der Waals surface area contributed by atoms with Gasteiger partial charge in [0.2, 0.25) is 0 Å². The minimum atomic E-state index is -0.836. The summed E-state index contributed by atoms with van der Waals surface area (Å²) in [6, 6.07) is 0. The summed E-state index contributed by atoms with van der Waals surface area (Å²) in [5.41, 5.74) is 2.02. The van der Waals surface area contributed by atoms with Gasteiger partial charge in [-0.3, -0.25) is 4.79 Å². The Hall–Kier alpha value is -1.38. The van der Waals surface area contributed by atoms with Crippen LogP contribution in [0.15, 0.2) is 23.8 Å². The normalized spacial score (nSPS) is 45.0. The molecule has 0 amide bonds. The van der Waals surface area contributed by atoms with Gasteiger partial charge in [0, 0.05) is 12.5 Å². The molecule has 0 saturated heterocycles. The quantitative estimate of drug-likeness (QED) is 0.676. The number of ketones is 1. The van der Waals surface area contributed by atoms with Crippen LogP contribution in [0.4, 0.5) is 0 Å². The highest BCUT2D eigenvalue weighted by Gasteiger charge is 2.59. The van der Waals surface area contributed by atoms with Crippen molar-refractivity contribution in [1.82, 2.24) is 0 Å². The SMILES string of the molecule is C[C@H](/C=C/C(=O)O)[C@H]1CCC2[C@@H]3CCC4=CC(=O)CC[C@]4(C)C3CC[C@@]21C. The van der Waals surface area contributed by atoms with Gasteiger partial charge in [-0.25, -0.2) is 4.79 Å². The summed E-state index contributed by atoms with van der Waals surface area (Å²) in [5.74, 6) is 2.69. The highest BCUT2D eigenvalue weighted by molar-refractivity contribution is 5.91. The standard InChI is InChI=1S/C24H34O3/c1-15(4-9-22(26)27)19-7-8-20-18-6-5-16-14-17(25)10-12-23(16,2)21(18)11-13-24(19,20)3/h4,9,14-15,18-21H,5-8,10-13H2,1-3H3,(H,26,27)/b9-4+/t15-,18+,19-,20?,21?,23+,24-/m1/s1. The average Bonchev–Trinajstić information content (AvgIpc) is 2.97. The summed E-state index contributed by atoms with van der Waals surface area (Å²) in [5, 5.41) is 9.00. The van der Waals surface area contributed by atoms with Crippen molar-refractivity contribution in [1.29, 1.82) is 0 Å². The molecule has 0 spiro atoms. The first kappa shape index (κ1) is 19.0. The van der Waals surface area contributed by atoms with E-state index in [2.05, 4.69) is 20.8 Å². The molecular weight excluding hydrogens is 336 g/mol. The van der Waals surface area contributed by atoms with Gasteiger partial charge in [-0.15, -0.1) is 0 Å². The van der Waals surface area contributed by atoms with Crippen molar-refractivity contribution in [2.75, 3.05) is 0 Å². The number of carbonyl (C=O) groups is 2. The monoisotopic (exact) mass is 370 g/mol. The number of carbonyl (C=O) groups excluding carboxylic acids is 1. The summed E-state index contributed by atoms with van der Waals surface area (Å²) >= 11 is 0. The van der Waals surface area contributed by atoms with Crippen molar-refractivity contribution in [3.8, 4) is 0 Å². The molecule has 0 aliphatic heterocycles. The molecule has 3 heteroatoms. The Morgan fingerprint density at radius 1 is 1.15 bits per heavy atom. The molecule has 0 radical (unpaired) electrons. The summed E-state index contributed by atoms with van der Waals surface area (Å²) in [7, 11) is 0. The predicted octanol–water partition coefficient (Wildman–Crippen LogP) is 5.41. The molecule has 0 aromatic rings. The molecule has 148 valence electrons. The molecule has 4 rings (SSSR count). The van der Waals surface area contributed by atoms with E-state index in [-0.39, 0.29) is 5.41 Å². The summed E-state index contributed by atoms with van der Waals surface area (Å²) < 4.78 is 0. The number of carboxylic acids is 1. The van der Waals surface area contributed by atoms with Crippen molar-refractivity contribution in [3.05, 3.63) is 23.8 Å². The van der Waals surface area contributed by atoms with Gasteiger partial charge < -0.3 is 5.11 Å². The minimum Gasteiger partial charge on any atom is -0.478 e. The van der Waals surface area contributed by atoms with Crippen molar-refractivity contribution in [2.24, 2.45) is 40.4 Å². The van der Waals surface area contributed by atoms with Gasteiger partial charge in [0.25, 0.3) is 0 Å². The fraction of sp³-hybridized carbons (Fsp3) is 0.750. The number of fused-ring (bicyclic) bond motifs is 5. The van der Waals surface area contributed by atoms with E-state index in [1.54, 1.807) is 0 Å². The van der Waals surface area contributed by atoms with Gasteiger partial charge >= 0.3 is 5.97 Å². The fourth-order valence-electron chi connectivity index (χ4n) is 7.83. The summed E-state index contributed by atoms with van der Waals surface area (Å²) in [6.45, 7) is 7.14. The average molecular weight is 371 g/mol. The van der Waals surface area contributed by atoms with Crippen LogP contribution in [0.25, 0.3) is 0 Å². The Labute approximate surface area is 163 Å². The van der Waals surface area contributed by atoms with Crippen LogP contribution < -0.4 is 0 Å². The molecule has 0 heterocycles. The lowest BCUT2D eigenvalue weighted by Crippen LogP contribution is -2.50. The number of carboxylic acid groups (broad SMARTS) is 1. The smallest absolute Gasteiger partial charge is 0.327 e. The number of aliphatic carboxylic acids is 1. The highest BCUT2D eigenvalue weighted by Crippen LogP contribution is 2.67. The topological polar surface area (TPSA) is 54.4 Å². The molecule has 0 aromatic heterocycles. The number of rotatable bonds is 3. The predicted molar refractivity (Wildman–Crippen MR) is 106 cm³/mol. The molecule has 27 heavy (non-hydrogen) atoms. The highest BCUT2D eigenvalue weighted by atomic mass is 16.4. The Kier molecular flexibility index (Phi) is 4.63. The second kappa shape index (κ2) is 6.60. The molecule has 3 fully saturated rings. The van der Waals surface area contributed by atoms with Crippen LogP contribution in [0.2, 0.25) is 0 Å². The Morgan fingerprint density at radius 3 is 2.67 bits per heavy atom. The summed E-state index contributed by atoms with van der Waals surface area (Å²) in [4.78, 5) is 22.9. The van der Waals surface area contributed by atoms with E-state index in [9.17, 15) is 9.59 Å². The second-order valence-electron chi connectivity index (χ2n) is 10.3. The van der Waals surface area contributed by atoms with Gasteiger partial charge in [0.15, 0.2) is 5.78 Å². The maximum absolute atomic E-state index is 12.0. The molecule has 7 atom stereocenters. The zero-order valence-electron chi connectivity index (χ0n) is 17.0. The van der Waals surface area contributed by atoms with Gasteiger partial charge in [0.05, 0.1) is 0 Å². The minimum absolute atomic E-state index is 0.241. The number of allylic oxidation sites excluding steroid dienone is 2. The Balaban J connectivity index is 1.58. The maximum atomic E-state index is 12.0. The molecular formula is C24H34O3. The van der Waals surface area contributed by atoms with Crippen LogP contribution in [-0.4, -0.2) is 16.9 Å². The van der Waals surface area contributed by atoms with Crippen LogP contribution in [0.5, 0.6) is 0 Å². The fourth-order valence-corrected chi connectivity index (χ4v) is 7.83. The van der Waals surface area contributed by atoms with Crippen LogP contribution in [0, 0.1) is 40.4 Å². The van der Waals surface area contributed by atoms with Crippen LogP contribution in [0.3, 0.4) is 0 Å². The van der Waals surface area contributed by atoms with Crippen LogP contribution >= 0.6 is 0 Å². The third-order valence-electron chi connectivity index (χ3n) is 9.21. The van der Waals surface area contributed by atoms with Gasteiger partial charge in [-0.05, 0) is 91.4 Å². The summed E-state index contributed by atoms with van der Waals surface area (Å²) in [6.07, 6.45) is 14.4. The maximum Gasteiger partial charge on any atom is 0.327 e. The largest absolute Gasteiger partial charge is 0.478 e. The first-order chi connectivity index (χ1) is 12.8. The van der Waals surface area contributed by atoms with Crippen molar-refractivity contribution in [2.45, 2.75) is 72.1 Å². The van der Waals surface area contributed by atoms with Crippen molar-refractivity contribution >= 4 is 11.8 Å². The van der Waals surface area contributed by atoms with Crippen LogP contribution in [-0.2, 0) is 9.59 Å². The van der Waals surface area contributed by atoms with E-state index >= 15 is 0 Å². The lowest BCUT2D eigenvalue weighted by molar-refractivity contribution is -0.131. The molecule has 3 saturated carbocycles. The van der Waals surface area contributed by atoms with Gasteiger partial charge in [-0.1, -0.05) is 32.4 Å². The number of hydrogen-bond donors (Lipinski definition) is 1. The number of hydrogen-bond acceptors (Lipinski definition) is 2. The molecule has 2 unspecified atom stereocenters. The van der Waals surface area contributed by atoms with E-state index in [0.717, 1.165) is 37.0 Å². The first-order valence-electron chi connectivity index (χ1n) is 10.9. The lowest BCUT2D eigenvalue weighted by Gasteiger charge is -2.58. The molecule has 3 nitrogen and oxygen atoms in total. The Bertz CT molecular complexity index is 704. The van der Waals surface area contributed by atoms with E-state index in [4.69, 9.17) is 5.11 Å². The zero-order valence-corrected chi connectivity index (χ0v) is 17.0. The molecule has 4 aliphatic rings. The van der Waals surface area contributed by atoms with Gasteiger partial charge in [-0.2, -0.15) is 0 Å². The van der Waals surface area contributed by atoms with E-state index in [0.29, 0.717) is 23.0 Å².